The van der Waals surface area contributed by atoms with Gasteiger partial charge < -0.3 is 15.3 Å². The molecule has 2 aliphatic rings. The fourth-order valence-electron chi connectivity index (χ4n) is 2.78. The number of nitrogens with zero attached hydrogens (tertiary/aromatic N) is 3. The van der Waals surface area contributed by atoms with E-state index in [1.165, 1.54) is 0 Å². The van der Waals surface area contributed by atoms with E-state index in [-0.39, 0.29) is 11.8 Å². The highest BCUT2D eigenvalue weighted by Gasteiger charge is 2.33. The van der Waals surface area contributed by atoms with Crippen LogP contribution in [0.2, 0.25) is 0 Å². The van der Waals surface area contributed by atoms with Crippen LogP contribution in [0.15, 0.2) is 12.4 Å². The molecule has 6 nitrogen and oxygen atoms in total. The molecule has 0 aromatic carbocycles. The van der Waals surface area contributed by atoms with Gasteiger partial charge in [0.25, 0.3) is 0 Å². The second-order valence-corrected chi connectivity index (χ2v) is 6.07. The number of nitrogens with one attached hydrogen (secondary N) is 1. The number of aryl methyl sites for hydroxylation is 1. The summed E-state index contributed by atoms with van der Waals surface area (Å²) in [7, 11) is 0. The minimum absolute atomic E-state index is 0.0396. The molecule has 1 aromatic heterocycles. The molecule has 1 saturated carbocycles. The zero-order valence-corrected chi connectivity index (χ0v) is 12.3. The molecular weight excluding hydrogens is 268 g/mol. The number of aliphatic hydroxyl groups excluding tert-OH is 1. The molecule has 0 bridgehead atoms. The Balaban J connectivity index is 1.53. The maximum atomic E-state index is 11.9. The van der Waals surface area contributed by atoms with E-state index in [9.17, 15) is 9.90 Å². The van der Waals surface area contributed by atoms with Crippen molar-refractivity contribution in [2.45, 2.75) is 44.8 Å². The van der Waals surface area contributed by atoms with Crippen LogP contribution in [0.4, 0.5) is 5.82 Å². The van der Waals surface area contributed by atoms with Crippen molar-refractivity contribution >= 4 is 11.7 Å². The molecule has 2 heterocycles. The van der Waals surface area contributed by atoms with Crippen molar-refractivity contribution in [3.63, 3.8) is 0 Å². The van der Waals surface area contributed by atoms with Crippen molar-refractivity contribution in [1.82, 2.24) is 15.3 Å². The van der Waals surface area contributed by atoms with E-state index >= 15 is 0 Å². The van der Waals surface area contributed by atoms with Gasteiger partial charge in [-0.3, -0.25) is 9.78 Å². The Bertz CT molecular complexity index is 510. The van der Waals surface area contributed by atoms with Gasteiger partial charge in [-0.1, -0.05) is 0 Å². The molecule has 2 fully saturated rings. The van der Waals surface area contributed by atoms with Gasteiger partial charge in [-0.05, 0) is 38.5 Å². The average Bonchev–Trinajstić information content (AvgIpc) is 3.30. The predicted molar refractivity (Wildman–Crippen MR) is 78.9 cm³/mol. The Labute approximate surface area is 124 Å². The van der Waals surface area contributed by atoms with Gasteiger partial charge >= 0.3 is 0 Å². The largest absolute Gasteiger partial charge is 0.383 e. The van der Waals surface area contributed by atoms with E-state index in [1.54, 1.807) is 12.4 Å². The van der Waals surface area contributed by atoms with Crippen molar-refractivity contribution in [1.29, 1.82) is 0 Å². The van der Waals surface area contributed by atoms with Gasteiger partial charge in [0.2, 0.25) is 5.91 Å². The molecule has 2 N–H and O–H groups in total. The SMILES string of the molecule is Cc1cncc(N2CCC(C(O)C(=O)NC3CC3)CC2)n1. The van der Waals surface area contributed by atoms with Gasteiger partial charge in [-0.2, -0.15) is 0 Å². The van der Waals surface area contributed by atoms with Crippen molar-refractivity contribution in [2.75, 3.05) is 18.0 Å². The first-order valence-corrected chi connectivity index (χ1v) is 7.65. The molecule has 21 heavy (non-hydrogen) atoms. The van der Waals surface area contributed by atoms with Crippen LogP contribution >= 0.6 is 0 Å². The minimum atomic E-state index is -0.878. The summed E-state index contributed by atoms with van der Waals surface area (Å²) >= 11 is 0. The monoisotopic (exact) mass is 290 g/mol. The Morgan fingerprint density at radius 3 is 2.67 bits per heavy atom. The Morgan fingerprint density at radius 1 is 1.33 bits per heavy atom. The quantitative estimate of drug-likeness (QED) is 0.851. The number of carbonyl (C=O) groups excluding carboxylic acids is 1. The Morgan fingerprint density at radius 2 is 2.05 bits per heavy atom. The molecule has 1 aliphatic carbocycles. The van der Waals surface area contributed by atoms with Gasteiger partial charge in [-0.15, -0.1) is 0 Å². The molecule has 0 spiro atoms. The molecule has 3 rings (SSSR count). The third-order valence-corrected chi connectivity index (χ3v) is 4.24. The first-order chi connectivity index (χ1) is 10.1. The number of aromatic nitrogens is 2. The standard InChI is InChI=1S/C15H22N4O2/c1-10-8-16-9-13(17-10)19-6-4-11(5-7-19)14(20)15(21)18-12-2-3-12/h8-9,11-12,14,20H,2-7H2,1H3,(H,18,21). The molecule has 1 saturated heterocycles. The molecule has 0 radical (unpaired) electrons. The van der Waals surface area contributed by atoms with Crippen LogP contribution in [-0.4, -0.2) is 46.2 Å². The van der Waals surface area contributed by atoms with E-state index in [1.807, 2.05) is 6.92 Å². The maximum absolute atomic E-state index is 11.9. The fourth-order valence-corrected chi connectivity index (χ4v) is 2.78. The number of hydrogen-bond donors (Lipinski definition) is 2. The molecule has 1 amide bonds. The summed E-state index contributed by atoms with van der Waals surface area (Å²) < 4.78 is 0. The normalized spacial score (nSPS) is 21.1. The molecule has 1 aliphatic heterocycles. The van der Waals surface area contributed by atoms with Crippen molar-refractivity contribution in [2.24, 2.45) is 5.92 Å². The van der Waals surface area contributed by atoms with Crippen molar-refractivity contribution < 1.29 is 9.90 Å². The van der Waals surface area contributed by atoms with Gasteiger partial charge in [0, 0.05) is 25.3 Å². The van der Waals surface area contributed by atoms with Crippen LogP contribution in [0.3, 0.4) is 0 Å². The lowest BCUT2D eigenvalue weighted by molar-refractivity contribution is -0.132. The lowest BCUT2D eigenvalue weighted by atomic mass is 9.90. The lowest BCUT2D eigenvalue weighted by Gasteiger charge is -2.34. The number of amides is 1. The van der Waals surface area contributed by atoms with Gasteiger partial charge in [0.15, 0.2) is 0 Å². The number of anilines is 1. The Hall–Kier alpha value is -1.69. The molecule has 1 unspecified atom stereocenters. The van der Waals surface area contributed by atoms with Gasteiger partial charge in [-0.25, -0.2) is 4.98 Å². The van der Waals surface area contributed by atoms with Gasteiger partial charge in [0.05, 0.1) is 11.9 Å². The second-order valence-electron chi connectivity index (χ2n) is 6.07. The van der Waals surface area contributed by atoms with Crippen LogP contribution in [-0.2, 0) is 4.79 Å². The number of aliphatic hydroxyl groups is 1. The summed E-state index contributed by atoms with van der Waals surface area (Å²) in [6.45, 7) is 3.53. The van der Waals surface area contributed by atoms with Crippen LogP contribution < -0.4 is 10.2 Å². The maximum Gasteiger partial charge on any atom is 0.249 e. The molecule has 6 heteroatoms. The Kier molecular flexibility index (Phi) is 4.05. The van der Waals surface area contributed by atoms with Crippen LogP contribution in [0.1, 0.15) is 31.4 Å². The minimum Gasteiger partial charge on any atom is -0.383 e. The highest BCUT2D eigenvalue weighted by atomic mass is 16.3. The first-order valence-electron chi connectivity index (χ1n) is 7.65. The lowest BCUT2D eigenvalue weighted by Crippen LogP contribution is -2.45. The molecular formula is C15H22N4O2. The zero-order valence-electron chi connectivity index (χ0n) is 12.3. The highest BCUT2D eigenvalue weighted by molar-refractivity contribution is 5.81. The summed E-state index contributed by atoms with van der Waals surface area (Å²) in [5.74, 6) is 0.717. The van der Waals surface area contributed by atoms with Crippen LogP contribution in [0.25, 0.3) is 0 Å². The molecule has 1 aromatic rings. The first kappa shape index (κ1) is 14.3. The van der Waals surface area contributed by atoms with Crippen molar-refractivity contribution in [3.05, 3.63) is 18.1 Å². The third kappa shape index (κ3) is 3.50. The second kappa shape index (κ2) is 5.97. The van der Waals surface area contributed by atoms with E-state index in [0.29, 0.717) is 6.04 Å². The number of hydrogen-bond acceptors (Lipinski definition) is 5. The van der Waals surface area contributed by atoms with E-state index in [2.05, 4.69) is 20.2 Å². The zero-order chi connectivity index (χ0) is 14.8. The number of carbonyl (C=O) groups is 1. The van der Waals surface area contributed by atoms with Crippen LogP contribution in [0.5, 0.6) is 0 Å². The summed E-state index contributed by atoms with van der Waals surface area (Å²) in [6, 6.07) is 0.301. The van der Waals surface area contributed by atoms with Gasteiger partial charge in [0.1, 0.15) is 11.9 Å². The predicted octanol–water partition coefficient (Wildman–Crippen LogP) is 0.641. The summed E-state index contributed by atoms with van der Waals surface area (Å²) in [5.41, 5.74) is 0.901. The third-order valence-electron chi connectivity index (χ3n) is 4.24. The van der Waals surface area contributed by atoms with E-state index < -0.39 is 6.10 Å². The molecule has 1 atom stereocenters. The summed E-state index contributed by atoms with van der Waals surface area (Å²) in [4.78, 5) is 22.7. The molecule has 114 valence electrons. The van der Waals surface area contributed by atoms with E-state index in [0.717, 1.165) is 50.3 Å². The van der Waals surface area contributed by atoms with Crippen molar-refractivity contribution in [3.8, 4) is 0 Å². The average molecular weight is 290 g/mol. The number of piperidine rings is 1. The number of rotatable bonds is 4. The van der Waals surface area contributed by atoms with E-state index in [4.69, 9.17) is 0 Å². The summed E-state index contributed by atoms with van der Waals surface area (Å²) in [6.07, 6.45) is 6.32. The van der Waals surface area contributed by atoms with Crippen LogP contribution in [0, 0.1) is 12.8 Å². The highest BCUT2D eigenvalue weighted by Crippen LogP contribution is 2.25. The smallest absolute Gasteiger partial charge is 0.249 e. The summed E-state index contributed by atoms with van der Waals surface area (Å²) in [5, 5.41) is 13.0. The fraction of sp³-hybridized carbons (Fsp3) is 0.667. The topological polar surface area (TPSA) is 78.3 Å².